The van der Waals surface area contributed by atoms with Gasteiger partial charge in [0.15, 0.2) is 0 Å². The van der Waals surface area contributed by atoms with Crippen LogP contribution in [-0.4, -0.2) is 17.8 Å². The quantitative estimate of drug-likeness (QED) is 0.842. The van der Waals surface area contributed by atoms with Crippen LogP contribution >= 0.6 is 15.9 Å². The first-order valence-electron chi connectivity index (χ1n) is 5.71. The first kappa shape index (κ1) is 13.7. The average Bonchev–Trinajstić information content (AvgIpc) is 2.20. The molecule has 3 heteroatoms. The Kier molecular flexibility index (Phi) is 6.03. The fraction of sp³-hybridized carbons (Fsp3) is 0.538. The number of rotatable bonds is 6. The van der Waals surface area contributed by atoms with Crippen LogP contribution in [0.2, 0.25) is 0 Å². The number of aliphatic hydroxyl groups excluding tert-OH is 1. The Morgan fingerprint density at radius 3 is 2.44 bits per heavy atom. The lowest BCUT2D eigenvalue weighted by Gasteiger charge is -2.13. The number of halogens is 1. The van der Waals surface area contributed by atoms with Crippen LogP contribution in [0, 0.1) is 5.92 Å². The maximum atomic E-state index is 9.67. The normalized spacial score (nSPS) is 13.1. The summed E-state index contributed by atoms with van der Waals surface area (Å²) in [5.41, 5.74) is 1.24. The fourth-order valence-electron chi connectivity index (χ4n) is 1.61. The maximum absolute atomic E-state index is 9.67. The van der Waals surface area contributed by atoms with Crippen LogP contribution in [0.3, 0.4) is 0 Å². The minimum Gasteiger partial charge on any atom is -0.392 e. The van der Waals surface area contributed by atoms with E-state index in [1.165, 1.54) is 5.56 Å². The smallest absolute Gasteiger partial charge is 0.0667 e. The Morgan fingerprint density at radius 2 is 1.88 bits per heavy atom. The van der Waals surface area contributed by atoms with Crippen LogP contribution in [0.15, 0.2) is 28.7 Å². The zero-order valence-electron chi connectivity index (χ0n) is 9.91. The highest BCUT2D eigenvalue weighted by molar-refractivity contribution is 9.10. The highest BCUT2D eigenvalue weighted by atomic mass is 79.9. The molecule has 0 aliphatic heterocycles. The van der Waals surface area contributed by atoms with Gasteiger partial charge in [0.25, 0.3) is 0 Å². The third-order valence-corrected chi connectivity index (χ3v) is 2.89. The van der Waals surface area contributed by atoms with E-state index in [1.807, 2.05) is 12.1 Å². The molecule has 0 saturated heterocycles. The molecule has 1 rings (SSSR count). The molecule has 16 heavy (non-hydrogen) atoms. The molecule has 0 radical (unpaired) electrons. The van der Waals surface area contributed by atoms with Crippen molar-refractivity contribution in [3.63, 3.8) is 0 Å². The van der Waals surface area contributed by atoms with E-state index in [0.717, 1.165) is 17.4 Å². The van der Waals surface area contributed by atoms with E-state index in [4.69, 9.17) is 0 Å². The SMILES string of the molecule is CC(C)CC(O)CNCc1ccc(Br)cc1. The molecule has 1 unspecified atom stereocenters. The van der Waals surface area contributed by atoms with Gasteiger partial charge >= 0.3 is 0 Å². The second kappa shape index (κ2) is 7.05. The van der Waals surface area contributed by atoms with Crippen molar-refractivity contribution in [2.45, 2.75) is 32.9 Å². The molecule has 0 spiro atoms. The molecule has 0 heterocycles. The summed E-state index contributed by atoms with van der Waals surface area (Å²) < 4.78 is 1.09. The van der Waals surface area contributed by atoms with E-state index >= 15 is 0 Å². The summed E-state index contributed by atoms with van der Waals surface area (Å²) in [6, 6.07) is 8.21. The molecule has 0 fully saturated rings. The zero-order chi connectivity index (χ0) is 12.0. The number of hydrogen-bond acceptors (Lipinski definition) is 2. The lowest BCUT2D eigenvalue weighted by atomic mass is 10.1. The van der Waals surface area contributed by atoms with Crippen molar-refractivity contribution < 1.29 is 5.11 Å². The summed E-state index contributed by atoms with van der Waals surface area (Å²) in [6.45, 7) is 5.71. The molecule has 0 aliphatic rings. The topological polar surface area (TPSA) is 32.3 Å². The molecule has 0 aliphatic carbocycles. The van der Waals surface area contributed by atoms with Gasteiger partial charge in [-0.25, -0.2) is 0 Å². The first-order valence-corrected chi connectivity index (χ1v) is 6.50. The number of benzene rings is 1. The van der Waals surface area contributed by atoms with Crippen molar-refractivity contribution in [1.29, 1.82) is 0 Å². The Bertz CT molecular complexity index is 297. The molecule has 1 aromatic carbocycles. The van der Waals surface area contributed by atoms with E-state index in [-0.39, 0.29) is 6.10 Å². The standard InChI is InChI=1S/C13H20BrNO/c1-10(2)7-13(16)9-15-8-11-3-5-12(14)6-4-11/h3-6,10,13,15-16H,7-9H2,1-2H3. The molecule has 0 aromatic heterocycles. The molecule has 2 N–H and O–H groups in total. The van der Waals surface area contributed by atoms with E-state index in [2.05, 4.69) is 47.2 Å². The van der Waals surface area contributed by atoms with Gasteiger partial charge in [-0.15, -0.1) is 0 Å². The van der Waals surface area contributed by atoms with Gasteiger partial charge in [-0.1, -0.05) is 41.9 Å². The van der Waals surface area contributed by atoms with Crippen molar-refractivity contribution >= 4 is 15.9 Å². The molecule has 1 aromatic rings. The second-order valence-electron chi connectivity index (χ2n) is 4.54. The van der Waals surface area contributed by atoms with E-state index in [0.29, 0.717) is 12.5 Å². The highest BCUT2D eigenvalue weighted by Crippen LogP contribution is 2.10. The van der Waals surface area contributed by atoms with Crippen LogP contribution in [0.1, 0.15) is 25.8 Å². The van der Waals surface area contributed by atoms with Crippen molar-refractivity contribution in [2.24, 2.45) is 5.92 Å². The molecular weight excluding hydrogens is 266 g/mol. The van der Waals surface area contributed by atoms with Crippen LogP contribution in [0.25, 0.3) is 0 Å². The van der Waals surface area contributed by atoms with Crippen molar-refractivity contribution in [2.75, 3.05) is 6.54 Å². The van der Waals surface area contributed by atoms with Crippen molar-refractivity contribution in [3.8, 4) is 0 Å². The van der Waals surface area contributed by atoms with E-state index < -0.39 is 0 Å². The summed E-state index contributed by atoms with van der Waals surface area (Å²) in [6.07, 6.45) is 0.614. The Balaban J connectivity index is 2.22. The third kappa shape index (κ3) is 5.64. The summed E-state index contributed by atoms with van der Waals surface area (Å²) in [7, 11) is 0. The third-order valence-electron chi connectivity index (χ3n) is 2.37. The second-order valence-corrected chi connectivity index (χ2v) is 5.46. The van der Waals surface area contributed by atoms with Crippen LogP contribution in [0.4, 0.5) is 0 Å². The first-order chi connectivity index (χ1) is 7.58. The van der Waals surface area contributed by atoms with Crippen LogP contribution in [0.5, 0.6) is 0 Å². The predicted molar refractivity (Wildman–Crippen MR) is 71.3 cm³/mol. The number of nitrogens with one attached hydrogen (secondary N) is 1. The molecule has 0 bridgehead atoms. The largest absolute Gasteiger partial charge is 0.392 e. The Labute approximate surface area is 106 Å². The molecule has 1 atom stereocenters. The predicted octanol–water partition coefficient (Wildman–Crippen LogP) is 2.95. The average molecular weight is 286 g/mol. The zero-order valence-corrected chi connectivity index (χ0v) is 11.5. The van der Waals surface area contributed by atoms with Gasteiger partial charge in [0.2, 0.25) is 0 Å². The maximum Gasteiger partial charge on any atom is 0.0667 e. The van der Waals surface area contributed by atoms with Gasteiger partial charge in [0.1, 0.15) is 0 Å². The van der Waals surface area contributed by atoms with Gasteiger partial charge in [-0.3, -0.25) is 0 Å². The van der Waals surface area contributed by atoms with Gasteiger partial charge < -0.3 is 10.4 Å². The summed E-state index contributed by atoms with van der Waals surface area (Å²) in [5, 5.41) is 12.9. The minimum atomic E-state index is -0.240. The van der Waals surface area contributed by atoms with E-state index in [1.54, 1.807) is 0 Å². The highest BCUT2D eigenvalue weighted by Gasteiger charge is 2.05. The van der Waals surface area contributed by atoms with Gasteiger partial charge in [-0.05, 0) is 30.0 Å². The Morgan fingerprint density at radius 1 is 1.25 bits per heavy atom. The monoisotopic (exact) mass is 285 g/mol. The fourth-order valence-corrected chi connectivity index (χ4v) is 1.88. The molecular formula is C13H20BrNO. The van der Waals surface area contributed by atoms with Crippen molar-refractivity contribution in [3.05, 3.63) is 34.3 Å². The lowest BCUT2D eigenvalue weighted by molar-refractivity contribution is 0.146. The number of aliphatic hydroxyl groups is 1. The summed E-state index contributed by atoms with van der Waals surface area (Å²) >= 11 is 3.40. The van der Waals surface area contributed by atoms with Gasteiger partial charge in [0, 0.05) is 17.6 Å². The van der Waals surface area contributed by atoms with Crippen molar-refractivity contribution in [1.82, 2.24) is 5.32 Å². The summed E-state index contributed by atoms with van der Waals surface area (Å²) in [5.74, 6) is 0.546. The molecule has 90 valence electrons. The van der Waals surface area contributed by atoms with Crippen LogP contribution in [-0.2, 0) is 6.54 Å². The Hall–Kier alpha value is -0.380. The van der Waals surface area contributed by atoms with E-state index in [9.17, 15) is 5.11 Å². The molecule has 0 saturated carbocycles. The van der Waals surface area contributed by atoms with Gasteiger partial charge in [0.05, 0.1) is 6.10 Å². The molecule has 2 nitrogen and oxygen atoms in total. The minimum absolute atomic E-state index is 0.240. The van der Waals surface area contributed by atoms with Gasteiger partial charge in [-0.2, -0.15) is 0 Å². The lowest BCUT2D eigenvalue weighted by Crippen LogP contribution is -2.27. The number of hydrogen-bond donors (Lipinski definition) is 2. The molecule has 0 amide bonds. The summed E-state index contributed by atoms with van der Waals surface area (Å²) in [4.78, 5) is 0. The van der Waals surface area contributed by atoms with Crippen LogP contribution < -0.4 is 5.32 Å².